The zero-order valence-corrected chi connectivity index (χ0v) is 19.9. The molecule has 3 heterocycles. The van der Waals surface area contributed by atoms with Gasteiger partial charge in [0.2, 0.25) is 0 Å². The lowest BCUT2D eigenvalue weighted by molar-refractivity contribution is -0.146. The Balaban J connectivity index is 1.11. The summed E-state index contributed by atoms with van der Waals surface area (Å²) in [5, 5.41) is 0. The summed E-state index contributed by atoms with van der Waals surface area (Å²) >= 11 is 0. The average molecular weight is 479 g/mol. The molecule has 2 saturated carbocycles. The van der Waals surface area contributed by atoms with E-state index in [9.17, 15) is 18.0 Å². The lowest BCUT2D eigenvalue weighted by Crippen LogP contribution is -2.54. The largest absolute Gasteiger partial charge is 0.462 e. The Kier molecular flexibility index (Phi) is 4.90. The molecule has 186 valence electrons. The lowest BCUT2D eigenvalue weighted by Gasteiger charge is -2.48. The number of alkyl halides is 3. The molecule has 5 nitrogen and oxygen atoms in total. The number of nitrogens with zero attached hydrogens (tertiary/aromatic N) is 2. The molecule has 6 rings (SSSR count). The second-order valence-electron chi connectivity index (χ2n) is 11.6. The van der Waals surface area contributed by atoms with Crippen LogP contribution in [0, 0.1) is 17.3 Å². The van der Waals surface area contributed by atoms with Gasteiger partial charge in [-0.1, -0.05) is 13.0 Å². The van der Waals surface area contributed by atoms with Gasteiger partial charge in [0.05, 0.1) is 17.1 Å². The molecule has 0 aromatic heterocycles. The van der Waals surface area contributed by atoms with Crippen molar-refractivity contribution in [2.24, 2.45) is 17.3 Å². The molecular weight excluding hydrogens is 445 g/mol. The number of benzene rings is 1. The third kappa shape index (κ3) is 3.31. The topological polar surface area (TPSA) is 45.3 Å². The van der Waals surface area contributed by atoms with Gasteiger partial charge in [-0.05, 0) is 57.2 Å². The Labute approximate surface area is 198 Å². The van der Waals surface area contributed by atoms with Crippen LogP contribution in [0.3, 0.4) is 0 Å². The molecule has 6 atom stereocenters. The first kappa shape index (κ1) is 22.7. The van der Waals surface area contributed by atoms with E-state index in [1.165, 1.54) is 18.6 Å². The van der Waals surface area contributed by atoms with Crippen molar-refractivity contribution in [3.05, 3.63) is 29.8 Å². The summed E-state index contributed by atoms with van der Waals surface area (Å²) in [4.78, 5) is 17.2. The van der Waals surface area contributed by atoms with Crippen LogP contribution in [0.2, 0.25) is 0 Å². The van der Waals surface area contributed by atoms with Gasteiger partial charge in [-0.25, -0.2) is 0 Å². The van der Waals surface area contributed by atoms with Crippen LogP contribution < -0.4 is 4.90 Å². The van der Waals surface area contributed by atoms with E-state index in [4.69, 9.17) is 9.47 Å². The predicted molar refractivity (Wildman–Crippen MR) is 120 cm³/mol. The number of piperazine rings is 1. The zero-order chi connectivity index (χ0) is 23.9. The normalized spacial score (nSPS) is 42.0. The summed E-state index contributed by atoms with van der Waals surface area (Å²) < 4.78 is 51.7. The molecule has 0 radical (unpaired) electrons. The standard InChI is InChI=1S/C26H33F3N2O3/c1-23-7-4-8-24(2)25(23,34-24)14-19-20(22(32)33-21(19)15-23)16-30-9-11-31(12-10-30)18-6-3-5-17(13-18)26(27,28)29/h3,5-6,13,19-21H,4,7-12,14-16H2,1-2H3/t19-,20+,21+,23+,24-,25-/m0/s1. The highest BCUT2D eigenvalue weighted by molar-refractivity contribution is 5.76. The summed E-state index contributed by atoms with van der Waals surface area (Å²) in [5.74, 6) is -0.0577. The molecule has 34 heavy (non-hydrogen) atoms. The highest BCUT2D eigenvalue weighted by Gasteiger charge is 2.79. The van der Waals surface area contributed by atoms with Crippen molar-refractivity contribution in [1.82, 2.24) is 4.90 Å². The number of carbonyl (C=O) groups is 1. The van der Waals surface area contributed by atoms with Crippen molar-refractivity contribution in [3.8, 4) is 0 Å². The molecule has 2 aliphatic carbocycles. The molecular formula is C26H33F3N2O3. The minimum Gasteiger partial charge on any atom is -0.462 e. The number of esters is 1. The van der Waals surface area contributed by atoms with Crippen LogP contribution in [0.1, 0.15) is 51.5 Å². The molecule has 8 heteroatoms. The van der Waals surface area contributed by atoms with E-state index in [0.29, 0.717) is 38.4 Å². The maximum absolute atomic E-state index is 13.1. The SMILES string of the molecule is C[C@]12CCC[C@]3(C)O[C@@]13C[C@@H]1[C@@H](C2)OC(=O)[C@@H]1CN1CCN(c2cccc(C(F)(F)F)c2)CC1. The van der Waals surface area contributed by atoms with E-state index >= 15 is 0 Å². The first-order chi connectivity index (χ1) is 16.0. The maximum Gasteiger partial charge on any atom is 0.416 e. The van der Waals surface area contributed by atoms with Crippen LogP contribution in [-0.2, 0) is 20.4 Å². The molecule has 3 saturated heterocycles. The monoisotopic (exact) mass is 478 g/mol. The van der Waals surface area contributed by atoms with Crippen molar-refractivity contribution in [1.29, 1.82) is 0 Å². The maximum atomic E-state index is 13.1. The zero-order valence-electron chi connectivity index (χ0n) is 19.9. The molecule has 0 amide bonds. The Morgan fingerprint density at radius 2 is 1.85 bits per heavy atom. The van der Waals surface area contributed by atoms with E-state index in [1.807, 2.05) is 4.90 Å². The van der Waals surface area contributed by atoms with Crippen LogP contribution in [0.5, 0.6) is 0 Å². The van der Waals surface area contributed by atoms with Gasteiger partial charge >= 0.3 is 12.1 Å². The first-order valence-electron chi connectivity index (χ1n) is 12.6. The molecule has 0 N–H and O–H groups in total. The highest BCUT2D eigenvalue weighted by atomic mass is 19.4. The van der Waals surface area contributed by atoms with E-state index in [1.54, 1.807) is 6.07 Å². The molecule has 1 spiro atoms. The molecule has 0 bridgehead atoms. The quantitative estimate of drug-likeness (QED) is 0.473. The first-order valence-corrected chi connectivity index (χ1v) is 12.6. The van der Waals surface area contributed by atoms with Gasteiger partial charge in [0, 0.05) is 49.7 Å². The Morgan fingerprint density at radius 1 is 1.09 bits per heavy atom. The van der Waals surface area contributed by atoms with E-state index in [2.05, 4.69) is 18.7 Å². The third-order valence-corrected chi connectivity index (χ3v) is 9.67. The molecule has 1 aromatic carbocycles. The van der Waals surface area contributed by atoms with Crippen molar-refractivity contribution in [3.63, 3.8) is 0 Å². The molecule has 0 unspecified atom stereocenters. The van der Waals surface area contributed by atoms with E-state index in [-0.39, 0.29) is 40.5 Å². The molecule has 5 fully saturated rings. The number of fused-ring (bicyclic) bond motifs is 1. The molecule has 3 aliphatic heterocycles. The Hall–Kier alpha value is -1.80. The van der Waals surface area contributed by atoms with Crippen LogP contribution in [0.25, 0.3) is 0 Å². The van der Waals surface area contributed by atoms with Gasteiger partial charge in [-0.3, -0.25) is 9.69 Å². The number of hydrogen-bond acceptors (Lipinski definition) is 5. The fourth-order valence-electron chi connectivity index (χ4n) is 7.72. The number of halogens is 3. The summed E-state index contributed by atoms with van der Waals surface area (Å²) in [6.07, 6.45) is 0.810. The van der Waals surface area contributed by atoms with Crippen LogP contribution >= 0.6 is 0 Å². The second-order valence-corrected chi connectivity index (χ2v) is 11.6. The number of ether oxygens (including phenoxy) is 2. The fraction of sp³-hybridized carbons (Fsp3) is 0.731. The second kappa shape index (κ2) is 7.36. The third-order valence-electron chi connectivity index (χ3n) is 9.67. The van der Waals surface area contributed by atoms with Gasteiger partial charge in [-0.2, -0.15) is 13.2 Å². The number of epoxide rings is 1. The smallest absolute Gasteiger partial charge is 0.416 e. The van der Waals surface area contributed by atoms with Crippen LogP contribution in [-0.4, -0.2) is 60.9 Å². The number of carbonyl (C=O) groups excluding carboxylic acids is 1. The minimum absolute atomic E-state index is 0.0222. The van der Waals surface area contributed by atoms with Gasteiger partial charge in [-0.15, -0.1) is 0 Å². The van der Waals surface area contributed by atoms with Crippen LogP contribution in [0.4, 0.5) is 18.9 Å². The Bertz CT molecular complexity index is 994. The van der Waals surface area contributed by atoms with E-state index < -0.39 is 11.7 Å². The lowest BCUT2D eigenvalue weighted by atomic mass is 9.53. The van der Waals surface area contributed by atoms with E-state index in [0.717, 1.165) is 31.7 Å². The van der Waals surface area contributed by atoms with Crippen molar-refractivity contribution >= 4 is 11.7 Å². The molecule has 5 aliphatic rings. The van der Waals surface area contributed by atoms with Crippen molar-refractivity contribution in [2.45, 2.75) is 69.4 Å². The molecule has 1 aromatic rings. The summed E-state index contributed by atoms with van der Waals surface area (Å²) in [6.45, 7) is 7.93. The predicted octanol–water partition coefficient (Wildman–Crippen LogP) is 4.50. The van der Waals surface area contributed by atoms with Gasteiger partial charge in [0.15, 0.2) is 0 Å². The number of anilines is 1. The number of rotatable bonds is 3. The van der Waals surface area contributed by atoms with Gasteiger partial charge < -0.3 is 14.4 Å². The van der Waals surface area contributed by atoms with Crippen LogP contribution in [0.15, 0.2) is 24.3 Å². The number of hydrogen-bond donors (Lipinski definition) is 0. The summed E-state index contributed by atoms with van der Waals surface area (Å²) in [6, 6.07) is 5.54. The van der Waals surface area contributed by atoms with Crippen molar-refractivity contribution < 1.29 is 27.4 Å². The summed E-state index contributed by atoms with van der Waals surface area (Å²) in [5.41, 5.74) is -0.116. The average Bonchev–Trinajstić information content (AvgIpc) is 3.31. The fourth-order valence-corrected chi connectivity index (χ4v) is 7.72. The Morgan fingerprint density at radius 3 is 2.59 bits per heavy atom. The van der Waals surface area contributed by atoms with Gasteiger partial charge in [0.25, 0.3) is 0 Å². The van der Waals surface area contributed by atoms with Gasteiger partial charge in [0.1, 0.15) is 11.7 Å². The minimum atomic E-state index is -4.34. The summed E-state index contributed by atoms with van der Waals surface area (Å²) in [7, 11) is 0. The van der Waals surface area contributed by atoms with Crippen molar-refractivity contribution in [2.75, 3.05) is 37.6 Å². The highest BCUT2D eigenvalue weighted by Crippen LogP contribution is 2.72.